The zero-order valence-corrected chi connectivity index (χ0v) is 12.5. The van der Waals surface area contributed by atoms with Gasteiger partial charge in [-0.2, -0.15) is 5.10 Å². The Kier molecular flexibility index (Phi) is 3.66. The van der Waals surface area contributed by atoms with Crippen molar-refractivity contribution in [3.63, 3.8) is 0 Å². The molecule has 0 unspecified atom stereocenters. The molecule has 0 bridgehead atoms. The van der Waals surface area contributed by atoms with E-state index >= 15 is 0 Å². The fourth-order valence-corrected chi connectivity index (χ4v) is 2.57. The quantitative estimate of drug-likeness (QED) is 0.867. The minimum Gasteiger partial charge on any atom is -0.444 e. The molecule has 6 heteroatoms. The van der Waals surface area contributed by atoms with E-state index in [1.165, 1.54) is 0 Å². The maximum absolute atomic E-state index is 11.9. The van der Waals surface area contributed by atoms with E-state index in [0.29, 0.717) is 12.5 Å². The first-order chi connectivity index (χ1) is 8.37. The first kappa shape index (κ1) is 13.4. The lowest BCUT2D eigenvalue weighted by molar-refractivity contribution is 0.0292. The summed E-state index contributed by atoms with van der Waals surface area (Å²) in [5, 5.41) is 6.97. The molecule has 1 atom stereocenters. The van der Waals surface area contributed by atoms with Crippen LogP contribution in [-0.2, 0) is 4.74 Å². The molecule has 2 rings (SSSR count). The maximum Gasteiger partial charge on any atom is 0.410 e. The van der Waals surface area contributed by atoms with Gasteiger partial charge >= 0.3 is 6.09 Å². The van der Waals surface area contributed by atoms with Crippen molar-refractivity contribution in [2.75, 3.05) is 13.1 Å². The van der Waals surface area contributed by atoms with Gasteiger partial charge in [0.1, 0.15) is 5.60 Å². The van der Waals surface area contributed by atoms with E-state index in [9.17, 15) is 4.79 Å². The van der Waals surface area contributed by atoms with Crippen LogP contribution in [0.15, 0.2) is 10.7 Å². The molecule has 2 heterocycles. The van der Waals surface area contributed by atoms with Crippen LogP contribution in [0.5, 0.6) is 0 Å². The Morgan fingerprint density at radius 2 is 2.33 bits per heavy atom. The highest BCUT2D eigenvalue weighted by molar-refractivity contribution is 9.10. The van der Waals surface area contributed by atoms with Crippen molar-refractivity contribution in [3.8, 4) is 0 Å². The topological polar surface area (TPSA) is 58.2 Å². The van der Waals surface area contributed by atoms with Crippen molar-refractivity contribution in [2.24, 2.45) is 0 Å². The van der Waals surface area contributed by atoms with Crippen LogP contribution < -0.4 is 0 Å². The van der Waals surface area contributed by atoms with Crippen molar-refractivity contribution >= 4 is 22.0 Å². The SMILES string of the molecule is CC(C)(C)OC(=O)N1CC[C@@H](c2[nH]ncc2Br)C1. The predicted octanol–water partition coefficient (Wildman–Crippen LogP) is 2.90. The van der Waals surface area contributed by atoms with Gasteiger partial charge in [-0.3, -0.25) is 5.10 Å². The summed E-state index contributed by atoms with van der Waals surface area (Å²) in [5.74, 6) is 0.300. The molecule has 1 fully saturated rings. The molecule has 1 aliphatic rings. The molecule has 5 nitrogen and oxygen atoms in total. The Hall–Kier alpha value is -1.04. The number of hydrogen-bond donors (Lipinski definition) is 1. The highest BCUT2D eigenvalue weighted by atomic mass is 79.9. The molecule has 1 aliphatic heterocycles. The predicted molar refractivity (Wildman–Crippen MR) is 71.5 cm³/mol. The Balaban J connectivity index is 1.97. The van der Waals surface area contributed by atoms with Crippen LogP contribution in [-0.4, -0.2) is 39.9 Å². The van der Waals surface area contributed by atoms with Crippen LogP contribution in [0, 0.1) is 0 Å². The van der Waals surface area contributed by atoms with Gasteiger partial charge in [-0.1, -0.05) is 0 Å². The minimum atomic E-state index is -0.441. The van der Waals surface area contributed by atoms with Gasteiger partial charge < -0.3 is 9.64 Å². The molecule has 1 amide bonds. The first-order valence-electron chi connectivity index (χ1n) is 6.03. The molecular weight excluding hydrogens is 298 g/mol. The number of carbonyl (C=O) groups excluding carboxylic acids is 1. The van der Waals surface area contributed by atoms with Gasteiger partial charge in [-0.15, -0.1) is 0 Å². The summed E-state index contributed by atoms with van der Waals surface area (Å²) in [6.07, 6.45) is 2.44. The Morgan fingerprint density at radius 1 is 1.61 bits per heavy atom. The van der Waals surface area contributed by atoms with Crippen LogP contribution in [0.4, 0.5) is 4.79 Å². The summed E-state index contributed by atoms with van der Waals surface area (Å²) in [5.41, 5.74) is 0.616. The lowest BCUT2D eigenvalue weighted by Gasteiger charge is -2.24. The molecule has 100 valence electrons. The molecule has 1 saturated heterocycles. The molecule has 0 saturated carbocycles. The van der Waals surface area contributed by atoms with E-state index in [0.717, 1.165) is 23.1 Å². The second-order valence-electron chi connectivity index (χ2n) is 5.54. The monoisotopic (exact) mass is 315 g/mol. The first-order valence-corrected chi connectivity index (χ1v) is 6.83. The molecular formula is C12H18BrN3O2. The standard InChI is InChI=1S/C12H18BrN3O2/c1-12(2,3)18-11(17)16-5-4-8(7-16)10-9(13)6-14-15-10/h6,8H,4-5,7H2,1-3H3,(H,14,15)/t8-/m1/s1. The molecule has 1 aromatic heterocycles. The van der Waals surface area contributed by atoms with Crippen LogP contribution >= 0.6 is 15.9 Å². The van der Waals surface area contributed by atoms with E-state index in [4.69, 9.17) is 4.74 Å². The van der Waals surface area contributed by atoms with Crippen LogP contribution in [0.2, 0.25) is 0 Å². The molecule has 0 aromatic carbocycles. The Morgan fingerprint density at radius 3 is 2.89 bits per heavy atom. The van der Waals surface area contributed by atoms with E-state index in [1.54, 1.807) is 11.1 Å². The summed E-state index contributed by atoms with van der Waals surface area (Å²) >= 11 is 3.45. The molecule has 0 aliphatic carbocycles. The number of carbonyl (C=O) groups is 1. The number of halogens is 1. The molecule has 18 heavy (non-hydrogen) atoms. The third-order valence-electron chi connectivity index (χ3n) is 2.87. The zero-order valence-electron chi connectivity index (χ0n) is 10.9. The second kappa shape index (κ2) is 4.91. The fraction of sp³-hybridized carbons (Fsp3) is 0.667. The zero-order chi connectivity index (χ0) is 13.3. The van der Waals surface area contributed by atoms with E-state index in [2.05, 4.69) is 26.1 Å². The number of amides is 1. The number of ether oxygens (including phenoxy) is 1. The normalized spacial score (nSPS) is 20.2. The van der Waals surface area contributed by atoms with E-state index in [1.807, 2.05) is 20.8 Å². The summed E-state index contributed by atoms with van der Waals surface area (Å²) in [4.78, 5) is 13.7. The summed E-state index contributed by atoms with van der Waals surface area (Å²) in [6.45, 7) is 7.04. The number of hydrogen-bond acceptors (Lipinski definition) is 3. The number of likely N-dealkylation sites (tertiary alicyclic amines) is 1. The van der Waals surface area contributed by atoms with Gasteiger partial charge in [0.2, 0.25) is 0 Å². The number of H-pyrrole nitrogens is 1. The average molecular weight is 316 g/mol. The van der Waals surface area contributed by atoms with E-state index < -0.39 is 5.60 Å². The highest BCUT2D eigenvalue weighted by Gasteiger charge is 2.31. The molecule has 0 radical (unpaired) electrons. The molecule has 1 aromatic rings. The Labute approximate surface area is 115 Å². The van der Waals surface area contributed by atoms with Crippen molar-refractivity contribution < 1.29 is 9.53 Å². The number of rotatable bonds is 1. The lowest BCUT2D eigenvalue weighted by atomic mass is 10.1. The van der Waals surface area contributed by atoms with Crippen molar-refractivity contribution in [2.45, 2.75) is 38.7 Å². The largest absolute Gasteiger partial charge is 0.444 e. The maximum atomic E-state index is 11.9. The van der Waals surface area contributed by atoms with Gasteiger partial charge in [0.25, 0.3) is 0 Å². The van der Waals surface area contributed by atoms with Crippen LogP contribution in [0.25, 0.3) is 0 Å². The van der Waals surface area contributed by atoms with Crippen molar-refractivity contribution in [3.05, 3.63) is 16.4 Å². The van der Waals surface area contributed by atoms with E-state index in [-0.39, 0.29) is 6.09 Å². The summed E-state index contributed by atoms with van der Waals surface area (Å²) in [6, 6.07) is 0. The number of nitrogens with zero attached hydrogens (tertiary/aromatic N) is 2. The second-order valence-corrected chi connectivity index (χ2v) is 6.40. The minimum absolute atomic E-state index is 0.236. The number of nitrogens with one attached hydrogen (secondary N) is 1. The molecule has 1 N–H and O–H groups in total. The average Bonchev–Trinajstić information content (AvgIpc) is 2.82. The van der Waals surface area contributed by atoms with Crippen molar-refractivity contribution in [1.29, 1.82) is 0 Å². The van der Waals surface area contributed by atoms with Gasteiger partial charge in [-0.25, -0.2) is 4.79 Å². The van der Waals surface area contributed by atoms with Gasteiger partial charge in [-0.05, 0) is 43.1 Å². The van der Waals surface area contributed by atoms with Crippen LogP contribution in [0.1, 0.15) is 38.8 Å². The Bertz CT molecular complexity index is 439. The highest BCUT2D eigenvalue weighted by Crippen LogP contribution is 2.31. The number of aromatic nitrogens is 2. The van der Waals surface area contributed by atoms with Gasteiger partial charge in [0, 0.05) is 19.0 Å². The smallest absolute Gasteiger partial charge is 0.410 e. The van der Waals surface area contributed by atoms with Crippen LogP contribution in [0.3, 0.4) is 0 Å². The third kappa shape index (κ3) is 3.04. The third-order valence-corrected chi connectivity index (χ3v) is 3.50. The summed E-state index contributed by atoms with van der Waals surface area (Å²) in [7, 11) is 0. The van der Waals surface area contributed by atoms with Crippen molar-refractivity contribution in [1.82, 2.24) is 15.1 Å². The number of aromatic amines is 1. The summed E-state index contributed by atoms with van der Waals surface area (Å²) < 4.78 is 6.34. The molecule has 0 spiro atoms. The fourth-order valence-electron chi connectivity index (χ4n) is 2.06. The lowest BCUT2D eigenvalue weighted by Crippen LogP contribution is -2.35. The van der Waals surface area contributed by atoms with Gasteiger partial charge in [0.05, 0.1) is 16.4 Å². The van der Waals surface area contributed by atoms with Gasteiger partial charge in [0.15, 0.2) is 0 Å².